The number of hydrogen-bond donors (Lipinski definition) is 1. The molecule has 3 rings (SSSR count). The van der Waals surface area contributed by atoms with Crippen molar-refractivity contribution in [3.63, 3.8) is 0 Å². The average Bonchev–Trinajstić information content (AvgIpc) is 2.44. The first-order valence-corrected chi connectivity index (χ1v) is 7.03. The van der Waals surface area contributed by atoms with Gasteiger partial charge in [0.15, 0.2) is 0 Å². The van der Waals surface area contributed by atoms with Crippen LogP contribution in [-0.2, 0) is 19.4 Å². The number of aromatic nitrogens is 2. The highest BCUT2D eigenvalue weighted by atomic mass is 32.1. The van der Waals surface area contributed by atoms with E-state index in [-0.39, 0.29) is 5.56 Å². The molecule has 0 aliphatic heterocycles. The molecule has 0 saturated heterocycles. The van der Waals surface area contributed by atoms with Gasteiger partial charge in [0.1, 0.15) is 0 Å². The van der Waals surface area contributed by atoms with Crippen LogP contribution >= 0.6 is 12.2 Å². The number of hydrogen-bond acceptors (Lipinski definition) is 3. The summed E-state index contributed by atoms with van der Waals surface area (Å²) >= 11 is 4.86. The summed E-state index contributed by atoms with van der Waals surface area (Å²) in [5.74, 6) is 0. The zero-order chi connectivity index (χ0) is 14.1. The maximum Gasteiger partial charge on any atom is 0.267 e. The van der Waals surface area contributed by atoms with E-state index in [9.17, 15) is 4.79 Å². The summed E-state index contributed by atoms with van der Waals surface area (Å²) in [5, 5.41) is 4.52. The van der Waals surface area contributed by atoms with Gasteiger partial charge in [-0.25, -0.2) is 4.68 Å². The van der Waals surface area contributed by atoms with Crippen LogP contribution in [0.5, 0.6) is 0 Å². The molecule has 5 heteroatoms. The van der Waals surface area contributed by atoms with E-state index in [1.165, 1.54) is 10.2 Å². The van der Waals surface area contributed by atoms with Gasteiger partial charge in [-0.1, -0.05) is 36.5 Å². The van der Waals surface area contributed by atoms with Crippen LogP contribution in [0.4, 0.5) is 0 Å². The smallest absolute Gasteiger partial charge is 0.267 e. The molecular weight excluding hydrogens is 270 g/mol. The van der Waals surface area contributed by atoms with Crippen LogP contribution in [0.3, 0.4) is 0 Å². The van der Waals surface area contributed by atoms with Gasteiger partial charge in [0.2, 0.25) is 0 Å². The second-order valence-corrected chi connectivity index (χ2v) is 5.48. The van der Waals surface area contributed by atoms with Crippen LogP contribution in [0.25, 0.3) is 11.3 Å². The summed E-state index contributed by atoms with van der Waals surface area (Å²) in [5.41, 5.74) is 9.76. The van der Waals surface area contributed by atoms with Crippen LogP contribution in [0.15, 0.2) is 35.1 Å². The van der Waals surface area contributed by atoms with E-state index < -0.39 is 0 Å². The average molecular weight is 285 g/mol. The van der Waals surface area contributed by atoms with Gasteiger partial charge in [0.25, 0.3) is 5.56 Å². The largest absolute Gasteiger partial charge is 0.393 e. The van der Waals surface area contributed by atoms with Crippen LogP contribution in [-0.4, -0.2) is 14.8 Å². The molecular formula is C15H15N3OS. The van der Waals surface area contributed by atoms with Crippen molar-refractivity contribution >= 4 is 17.2 Å². The highest BCUT2D eigenvalue weighted by Gasteiger charge is 2.18. The van der Waals surface area contributed by atoms with Crippen molar-refractivity contribution in [3.05, 3.63) is 51.8 Å². The number of fused-ring (bicyclic) bond motifs is 3. The Kier molecular flexibility index (Phi) is 3.36. The third-order valence-corrected chi connectivity index (χ3v) is 3.79. The number of aryl methyl sites for hydroxylation is 3. The lowest BCUT2D eigenvalue weighted by Gasteiger charge is -2.19. The molecule has 1 aliphatic rings. The molecule has 0 amide bonds. The fourth-order valence-corrected chi connectivity index (χ4v) is 2.65. The molecule has 102 valence electrons. The zero-order valence-electron chi connectivity index (χ0n) is 11.0. The molecule has 1 heterocycles. The molecule has 2 N–H and O–H groups in total. The Morgan fingerprint density at radius 1 is 1.30 bits per heavy atom. The van der Waals surface area contributed by atoms with E-state index in [1.807, 2.05) is 12.1 Å². The maximum absolute atomic E-state index is 12.0. The lowest BCUT2D eigenvalue weighted by molar-refractivity contribution is 0.592. The minimum atomic E-state index is -0.0839. The van der Waals surface area contributed by atoms with E-state index in [0.29, 0.717) is 18.0 Å². The number of thiocarbonyl (C=S) groups is 1. The fourth-order valence-electron chi connectivity index (χ4n) is 2.56. The highest BCUT2D eigenvalue weighted by molar-refractivity contribution is 7.80. The molecule has 20 heavy (non-hydrogen) atoms. The second-order valence-electron chi connectivity index (χ2n) is 4.95. The Bertz CT molecular complexity index is 736. The molecule has 0 saturated carbocycles. The lowest BCUT2D eigenvalue weighted by Crippen LogP contribution is -2.27. The van der Waals surface area contributed by atoms with Crippen LogP contribution in [0.1, 0.15) is 17.5 Å². The first kappa shape index (κ1) is 13.0. The fraction of sp³-hybridized carbons (Fsp3) is 0.267. The van der Waals surface area contributed by atoms with Gasteiger partial charge in [-0.3, -0.25) is 4.79 Å². The molecule has 4 nitrogen and oxygen atoms in total. The van der Waals surface area contributed by atoms with E-state index in [0.717, 1.165) is 29.7 Å². The van der Waals surface area contributed by atoms with Crippen molar-refractivity contribution in [3.8, 4) is 11.3 Å². The summed E-state index contributed by atoms with van der Waals surface area (Å²) in [6.45, 7) is 0.434. The summed E-state index contributed by atoms with van der Waals surface area (Å²) < 4.78 is 1.46. The van der Waals surface area contributed by atoms with Gasteiger partial charge in [-0.15, -0.1) is 0 Å². The molecule has 1 aliphatic carbocycles. The third-order valence-electron chi connectivity index (χ3n) is 3.58. The molecule has 1 aromatic carbocycles. The zero-order valence-corrected chi connectivity index (χ0v) is 11.8. The van der Waals surface area contributed by atoms with Crippen molar-refractivity contribution in [2.75, 3.05) is 0 Å². The Morgan fingerprint density at radius 2 is 2.05 bits per heavy atom. The van der Waals surface area contributed by atoms with Crippen molar-refractivity contribution in [1.82, 2.24) is 9.78 Å². The van der Waals surface area contributed by atoms with Crippen molar-refractivity contribution in [2.45, 2.75) is 25.8 Å². The summed E-state index contributed by atoms with van der Waals surface area (Å²) in [7, 11) is 0. The molecule has 0 radical (unpaired) electrons. The first-order valence-electron chi connectivity index (χ1n) is 6.63. The molecule has 0 bridgehead atoms. The molecule has 0 unspecified atom stereocenters. The minimum absolute atomic E-state index is 0.0839. The van der Waals surface area contributed by atoms with E-state index >= 15 is 0 Å². The molecule has 0 spiro atoms. The summed E-state index contributed by atoms with van der Waals surface area (Å²) in [6, 6.07) is 9.90. The number of nitrogens with zero attached hydrogens (tertiary/aromatic N) is 2. The molecule has 2 aromatic rings. The number of nitrogens with two attached hydrogens (primary N) is 1. The van der Waals surface area contributed by atoms with Crippen molar-refractivity contribution in [1.29, 1.82) is 0 Å². The number of benzene rings is 1. The van der Waals surface area contributed by atoms with Crippen LogP contribution in [0.2, 0.25) is 0 Å². The quantitative estimate of drug-likeness (QED) is 0.872. The molecule has 0 atom stereocenters. The standard InChI is InChI=1S/C15H15N3OS/c16-13(20)7-8-18-14(19)9-11-6-5-10-3-1-2-4-12(10)15(11)17-18/h1-4,9H,5-8H2,(H2,16,20). The minimum Gasteiger partial charge on any atom is -0.393 e. The van der Waals surface area contributed by atoms with E-state index in [2.05, 4.69) is 17.2 Å². The Labute approximate surface area is 122 Å². The van der Waals surface area contributed by atoms with Gasteiger partial charge in [0.05, 0.1) is 17.2 Å². The predicted octanol–water partition coefficient (Wildman–Crippen LogP) is 1.69. The highest BCUT2D eigenvalue weighted by Crippen LogP contribution is 2.30. The topological polar surface area (TPSA) is 60.9 Å². The Hall–Kier alpha value is -2.01. The van der Waals surface area contributed by atoms with Gasteiger partial charge in [0, 0.05) is 18.1 Å². The Balaban J connectivity index is 2.07. The van der Waals surface area contributed by atoms with Gasteiger partial charge in [-0.2, -0.15) is 5.10 Å². The van der Waals surface area contributed by atoms with Gasteiger partial charge < -0.3 is 5.73 Å². The third kappa shape index (κ3) is 2.36. The van der Waals surface area contributed by atoms with Gasteiger partial charge in [-0.05, 0) is 24.0 Å². The van der Waals surface area contributed by atoms with E-state index in [4.69, 9.17) is 18.0 Å². The van der Waals surface area contributed by atoms with Crippen LogP contribution in [0, 0.1) is 0 Å². The maximum atomic E-state index is 12.0. The second kappa shape index (κ2) is 5.17. The summed E-state index contributed by atoms with van der Waals surface area (Å²) in [4.78, 5) is 12.4. The predicted molar refractivity (Wildman–Crippen MR) is 82.7 cm³/mol. The van der Waals surface area contributed by atoms with Gasteiger partial charge >= 0.3 is 0 Å². The van der Waals surface area contributed by atoms with Crippen LogP contribution < -0.4 is 11.3 Å². The lowest BCUT2D eigenvalue weighted by atomic mass is 9.90. The molecule has 1 aromatic heterocycles. The monoisotopic (exact) mass is 285 g/mol. The SMILES string of the molecule is NC(=S)CCn1nc2c(cc1=O)CCc1ccccc1-2. The number of rotatable bonds is 3. The van der Waals surface area contributed by atoms with Crippen molar-refractivity contribution < 1.29 is 0 Å². The Morgan fingerprint density at radius 3 is 2.85 bits per heavy atom. The first-order chi connectivity index (χ1) is 9.65. The van der Waals surface area contributed by atoms with E-state index in [1.54, 1.807) is 6.07 Å². The normalized spacial score (nSPS) is 12.6. The summed E-state index contributed by atoms with van der Waals surface area (Å²) in [6.07, 6.45) is 2.31. The molecule has 0 fully saturated rings. The van der Waals surface area contributed by atoms with Crippen molar-refractivity contribution in [2.24, 2.45) is 5.73 Å².